The molecule has 0 saturated heterocycles. The third-order valence-electron chi connectivity index (χ3n) is 3.34. The molecule has 0 spiro atoms. The fourth-order valence-electron chi connectivity index (χ4n) is 2.11. The Morgan fingerprint density at radius 3 is 2.47 bits per heavy atom. The van der Waals surface area contributed by atoms with Crippen molar-refractivity contribution in [2.75, 3.05) is 11.4 Å². The van der Waals surface area contributed by atoms with E-state index in [9.17, 15) is 14.9 Å². The molecule has 1 aromatic rings. The molecule has 1 rings (SSSR count). The van der Waals surface area contributed by atoms with E-state index < -0.39 is 4.92 Å². The minimum Gasteiger partial charge on any atom is -0.369 e. The summed E-state index contributed by atoms with van der Waals surface area (Å²) < 4.78 is 0. The highest BCUT2D eigenvalue weighted by molar-refractivity contribution is 6.00. The number of nitro groups is 1. The number of hydrogen-bond acceptors (Lipinski definition) is 4. The van der Waals surface area contributed by atoms with Crippen molar-refractivity contribution < 1.29 is 9.72 Å². The molecule has 0 radical (unpaired) electrons. The molecule has 0 aliphatic rings. The maximum Gasteiger partial charge on any atom is 0.270 e. The topological polar surface area (TPSA) is 63.4 Å². The van der Waals surface area contributed by atoms with Gasteiger partial charge in [-0.3, -0.25) is 14.9 Å². The SMILES string of the molecule is CCC(C)N(CC)c1ccc([N+](=O)[O-])cc1C(C)=O. The summed E-state index contributed by atoms with van der Waals surface area (Å²) in [5.41, 5.74) is 1.14. The van der Waals surface area contributed by atoms with Crippen LogP contribution in [0.5, 0.6) is 0 Å². The third-order valence-corrected chi connectivity index (χ3v) is 3.34. The van der Waals surface area contributed by atoms with Crippen LogP contribution in [-0.4, -0.2) is 23.3 Å². The van der Waals surface area contributed by atoms with Crippen LogP contribution < -0.4 is 4.90 Å². The lowest BCUT2D eigenvalue weighted by atomic mass is 10.1. The Morgan fingerprint density at radius 1 is 1.42 bits per heavy atom. The quantitative estimate of drug-likeness (QED) is 0.448. The molecule has 5 nitrogen and oxygen atoms in total. The summed E-state index contributed by atoms with van der Waals surface area (Å²) in [7, 11) is 0. The zero-order valence-corrected chi connectivity index (χ0v) is 11.8. The number of nitro benzene ring substituents is 1. The number of ketones is 1. The Kier molecular flexibility index (Phi) is 5.03. The number of hydrogen-bond donors (Lipinski definition) is 0. The summed E-state index contributed by atoms with van der Waals surface area (Å²) >= 11 is 0. The molecular formula is C14H20N2O3. The second kappa shape index (κ2) is 6.31. The van der Waals surface area contributed by atoms with Crippen LogP contribution >= 0.6 is 0 Å². The fraction of sp³-hybridized carbons (Fsp3) is 0.500. The fourth-order valence-corrected chi connectivity index (χ4v) is 2.11. The number of Topliss-reactive ketones (excluding diaryl/α,β-unsaturated/α-hetero) is 1. The molecule has 0 N–H and O–H groups in total. The predicted molar refractivity (Wildman–Crippen MR) is 75.9 cm³/mol. The Balaban J connectivity index is 3.33. The van der Waals surface area contributed by atoms with E-state index in [0.29, 0.717) is 5.56 Å². The van der Waals surface area contributed by atoms with Crippen LogP contribution in [0.3, 0.4) is 0 Å². The van der Waals surface area contributed by atoms with Gasteiger partial charge in [-0.1, -0.05) is 6.92 Å². The first kappa shape index (κ1) is 15.1. The molecule has 0 bridgehead atoms. The normalized spacial score (nSPS) is 12.0. The molecule has 104 valence electrons. The first-order chi connectivity index (χ1) is 8.92. The van der Waals surface area contributed by atoms with Crippen molar-refractivity contribution in [1.82, 2.24) is 0 Å². The summed E-state index contributed by atoms with van der Waals surface area (Å²) in [4.78, 5) is 24.1. The van der Waals surface area contributed by atoms with Crippen molar-refractivity contribution in [2.24, 2.45) is 0 Å². The number of benzene rings is 1. The van der Waals surface area contributed by atoms with Crippen LogP contribution in [0.1, 0.15) is 44.5 Å². The lowest BCUT2D eigenvalue weighted by molar-refractivity contribution is -0.384. The van der Waals surface area contributed by atoms with E-state index in [-0.39, 0.29) is 17.5 Å². The smallest absolute Gasteiger partial charge is 0.270 e. The predicted octanol–water partition coefficient (Wildman–Crippen LogP) is 3.42. The number of rotatable bonds is 6. The summed E-state index contributed by atoms with van der Waals surface area (Å²) in [5.74, 6) is -0.152. The Bertz CT molecular complexity index is 486. The van der Waals surface area contributed by atoms with Gasteiger partial charge in [0.1, 0.15) is 0 Å². The van der Waals surface area contributed by atoms with Gasteiger partial charge in [-0.25, -0.2) is 0 Å². The maximum absolute atomic E-state index is 11.7. The molecule has 0 saturated carbocycles. The third kappa shape index (κ3) is 3.30. The number of anilines is 1. The first-order valence-electron chi connectivity index (χ1n) is 6.48. The standard InChI is InChI=1S/C14H20N2O3/c1-5-10(3)15(6-2)14-8-7-12(16(18)19)9-13(14)11(4)17/h7-10H,5-6H2,1-4H3. The number of carbonyl (C=O) groups is 1. The van der Waals surface area contributed by atoms with Gasteiger partial charge in [0.05, 0.1) is 4.92 Å². The lowest BCUT2D eigenvalue weighted by Gasteiger charge is -2.30. The minimum atomic E-state index is -0.476. The highest BCUT2D eigenvalue weighted by Crippen LogP contribution is 2.28. The number of carbonyl (C=O) groups excluding carboxylic acids is 1. The molecule has 0 amide bonds. The molecule has 0 heterocycles. The summed E-state index contributed by atoms with van der Waals surface area (Å²) in [6.45, 7) is 8.36. The van der Waals surface area contributed by atoms with Crippen LogP contribution in [-0.2, 0) is 0 Å². The molecule has 19 heavy (non-hydrogen) atoms. The molecule has 1 atom stereocenters. The Morgan fingerprint density at radius 2 is 2.05 bits per heavy atom. The molecule has 0 aliphatic heterocycles. The molecule has 0 aliphatic carbocycles. The second-order valence-corrected chi connectivity index (χ2v) is 4.56. The van der Waals surface area contributed by atoms with Gasteiger partial charge in [0.25, 0.3) is 5.69 Å². The zero-order valence-electron chi connectivity index (χ0n) is 11.8. The van der Waals surface area contributed by atoms with Gasteiger partial charge < -0.3 is 4.90 Å². The van der Waals surface area contributed by atoms with Gasteiger partial charge in [-0.05, 0) is 33.3 Å². The van der Waals surface area contributed by atoms with Crippen molar-refractivity contribution in [3.05, 3.63) is 33.9 Å². The van der Waals surface area contributed by atoms with Crippen LogP contribution in [0, 0.1) is 10.1 Å². The summed E-state index contributed by atoms with van der Waals surface area (Å²) in [6, 6.07) is 4.77. The molecule has 1 unspecified atom stereocenters. The van der Waals surface area contributed by atoms with E-state index in [1.807, 2.05) is 6.92 Å². The van der Waals surface area contributed by atoms with Crippen molar-refractivity contribution in [2.45, 2.75) is 40.2 Å². The van der Waals surface area contributed by atoms with Crippen molar-refractivity contribution in [1.29, 1.82) is 0 Å². The van der Waals surface area contributed by atoms with E-state index >= 15 is 0 Å². The number of non-ortho nitro benzene ring substituents is 1. The molecule has 0 fully saturated rings. The van der Waals surface area contributed by atoms with Gasteiger partial charge in [0.15, 0.2) is 5.78 Å². The average molecular weight is 264 g/mol. The first-order valence-corrected chi connectivity index (χ1v) is 6.48. The van der Waals surface area contributed by atoms with Crippen LogP contribution in [0.2, 0.25) is 0 Å². The molecular weight excluding hydrogens is 244 g/mol. The van der Waals surface area contributed by atoms with Gasteiger partial charge in [-0.15, -0.1) is 0 Å². The monoisotopic (exact) mass is 264 g/mol. The van der Waals surface area contributed by atoms with Crippen molar-refractivity contribution in [3.8, 4) is 0 Å². The Labute approximate surface area is 113 Å². The highest BCUT2D eigenvalue weighted by Gasteiger charge is 2.20. The largest absolute Gasteiger partial charge is 0.369 e. The van der Waals surface area contributed by atoms with Crippen LogP contribution in [0.4, 0.5) is 11.4 Å². The molecule has 1 aromatic carbocycles. The van der Waals surface area contributed by atoms with Gasteiger partial charge in [0.2, 0.25) is 0 Å². The average Bonchev–Trinajstić information content (AvgIpc) is 2.39. The summed E-state index contributed by atoms with van der Waals surface area (Å²) in [6.07, 6.45) is 0.947. The molecule has 5 heteroatoms. The zero-order chi connectivity index (χ0) is 14.6. The van der Waals surface area contributed by atoms with E-state index in [1.54, 1.807) is 6.07 Å². The van der Waals surface area contributed by atoms with E-state index in [0.717, 1.165) is 18.7 Å². The highest BCUT2D eigenvalue weighted by atomic mass is 16.6. The molecule has 0 aromatic heterocycles. The van der Waals surface area contributed by atoms with Gasteiger partial charge in [0, 0.05) is 36.0 Å². The van der Waals surface area contributed by atoms with E-state index in [2.05, 4.69) is 18.7 Å². The van der Waals surface area contributed by atoms with Gasteiger partial charge >= 0.3 is 0 Å². The lowest BCUT2D eigenvalue weighted by Crippen LogP contribution is -2.33. The minimum absolute atomic E-state index is 0.0471. The number of nitrogens with zero attached hydrogens (tertiary/aromatic N) is 2. The second-order valence-electron chi connectivity index (χ2n) is 4.56. The van der Waals surface area contributed by atoms with Crippen LogP contribution in [0.25, 0.3) is 0 Å². The maximum atomic E-state index is 11.7. The van der Waals surface area contributed by atoms with Crippen molar-refractivity contribution in [3.63, 3.8) is 0 Å². The van der Waals surface area contributed by atoms with Crippen LogP contribution in [0.15, 0.2) is 18.2 Å². The van der Waals surface area contributed by atoms with E-state index in [1.165, 1.54) is 19.1 Å². The van der Waals surface area contributed by atoms with E-state index in [4.69, 9.17) is 0 Å². The Hall–Kier alpha value is -1.91. The van der Waals surface area contributed by atoms with Gasteiger partial charge in [-0.2, -0.15) is 0 Å². The summed E-state index contributed by atoms with van der Waals surface area (Å²) in [5, 5.41) is 10.8. The van der Waals surface area contributed by atoms with Crippen molar-refractivity contribution >= 4 is 17.2 Å².